The Kier molecular flexibility index (Phi) is 4.48. The molecule has 2 aromatic carbocycles. The molecule has 0 aliphatic carbocycles. The fraction of sp³-hybridized carbons (Fsp3) is 0.167. The highest BCUT2D eigenvalue weighted by Gasteiger charge is 2.29. The third kappa shape index (κ3) is 3.25. The Bertz CT molecular complexity index is 1130. The Balaban J connectivity index is 1.39. The molecule has 1 unspecified atom stereocenters. The number of aromatic nitrogens is 1. The normalized spacial score (nSPS) is 17.6. The van der Waals surface area contributed by atoms with Gasteiger partial charge in [-0.15, -0.1) is 0 Å². The minimum absolute atomic E-state index is 0.00653. The molecular weight excluding hydrogens is 360 g/mol. The zero-order valence-corrected chi connectivity index (χ0v) is 16.2. The number of ether oxygens (including phenoxy) is 1. The van der Waals surface area contributed by atoms with E-state index in [1.165, 1.54) is 0 Å². The van der Waals surface area contributed by atoms with Crippen molar-refractivity contribution in [2.45, 2.75) is 19.5 Å². The number of hydrazone groups is 1. The molecule has 5 rings (SSSR count). The average molecular weight is 382 g/mol. The Morgan fingerprint density at radius 1 is 1.07 bits per heavy atom. The van der Waals surface area contributed by atoms with Crippen LogP contribution in [0.25, 0.3) is 16.5 Å². The molecule has 1 aromatic heterocycles. The van der Waals surface area contributed by atoms with Gasteiger partial charge in [-0.1, -0.05) is 37.3 Å². The van der Waals surface area contributed by atoms with Crippen LogP contribution in [0.15, 0.2) is 84.2 Å². The van der Waals surface area contributed by atoms with Crippen LogP contribution in [-0.2, 0) is 0 Å². The third-order valence-corrected chi connectivity index (χ3v) is 5.15. The molecule has 1 N–H and O–H groups in total. The van der Waals surface area contributed by atoms with Crippen molar-refractivity contribution in [2.24, 2.45) is 5.10 Å². The molecule has 2 aliphatic heterocycles. The van der Waals surface area contributed by atoms with Gasteiger partial charge in [0.15, 0.2) is 5.84 Å². The molecule has 0 bridgehead atoms. The van der Waals surface area contributed by atoms with Gasteiger partial charge in [0.2, 0.25) is 0 Å². The van der Waals surface area contributed by atoms with Crippen molar-refractivity contribution < 1.29 is 4.74 Å². The Hall–Kier alpha value is -3.60. The van der Waals surface area contributed by atoms with Crippen LogP contribution < -0.4 is 10.2 Å². The maximum Gasteiger partial charge on any atom is 0.162 e. The van der Waals surface area contributed by atoms with Gasteiger partial charge in [-0.05, 0) is 54.0 Å². The molecule has 5 heteroatoms. The molecule has 1 atom stereocenters. The Morgan fingerprint density at radius 2 is 1.93 bits per heavy atom. The van der Waals surface area contributed by atoms with Crippen LogP contribution in [0.4, 0.5) is 0 Å². The van der Waals surface area contributed by atoms with E-state index in [0.717, 1.165) is 52.2 Å². The van der Waals surface area contributed by atoms with Gasteiger partial charge in [0.25, 0.3) is 0 Å². The van der Waals surface area contributed by atoms with E-state index in [1.54, 1.807) is 0 Å². The predicted octanol–water partition coefficient (Wildman–Crippen LogP) is 4.53. The number of para-hydroxylation sites is 1. The number of hydrogen-bond donors (Lipinski definition) is 1. The van der Waals surface area contributed by atoms with E-state index in [2.05, 4.69) is 63.9 Å². The minimum Gasteiger partial charge on any atom is -0.494 e. The minimum atomic E-state index is -0.00653. The van der Waals surface area contributed by atoms with Crippen LogP contribution in [0.5, 0.6) is 5.75 Å². The lowest BCUT2D eigenvalue weighted by Gasteiger charge is -2.26. The van der Waals surface area contributed by atoms with Crippen molar-refractivity contribution in [3.05, 3.63) is 90.3 Å². The number of nitrogens with one attached hydrogen (secondary N) is 1. The van der Waals surface area contributed by atoms with Crippen LogP contribution in [0.1, 0.15) is 24.5 Å². The number of allylic oxidation sites excluding steroid dienone is 2. The predicted molar refractivity (Wildman–Crippen MR) is 116 cm³/mol. The van der Waals surface area contributed by atoms with Crippen molar-refractivity contribution in [3.8, 4) is 5.75 Å². The summed E-state index contributed by atoms with van der Waals surface area (Å²) in [6.07, 6.45) is 9.26. The molecular formula is C24H22N4O. The summed E-state index contributed by atoms with van der Waals surface area (Å²) in [5.74, 6) is 1.82. The molecule has 0 radical (unpaired) electrons. The number of amidine groups is 1. The maximum absolute atomic E-state index is 5.68. The van der Waals surface area contributed by atoms with E-state index in [1.807, 2.05) is 42.6 Å². The largest absolute Gasteiger partial charge is 0.494 e. The Labute approximate surface area is 170 Å². The molecule has 2 aliphatic rings. The van der Waals surface area contributed by atoms with Gasteiger partial charge in [-0.25, -0.2) is 0 Å². The summed E-state index contributed by atoms with van der Waals surface area (Å²) < 4.78 is 5.68. The van der Waals surface area contributed by atoms with Crippen LogP contribution in [0, 0.1) is 0 Å². The summed E-state index contributed by atoms with van der Waals surface area (Å²) in [4.78, 5) is 6.62. The van der Waals surface area contributed by atoms with E-state index in [9.17, 15) is 0 Å². The topological polar surface area (TPSA) is 49.8 Å². The summed E-state index contributed by atoms with van der Waals surface area (Å²) >= 11 is 0. The first kappa shape index (κ1) is 17.5. The van der Waals surface area contributed by atoms with Crippen LogP contribution in [-0.4, -0.2) is 28.5 Å². The lowest BCUT2D eigenvalue weighted by Crippen LogP contribution is -2.36. The van der Waals surface area contributed by atoms with Crippen LogP contribution >= 0.6 is 0 Å². The molecule has 5 nitrogen and oxygen atoms in total. The van der Waals surface area contributed by atoms with Crippen molar-refractivity contribution in [3.63, 3.8) is 0 Å². The molecule has 0 spiro atoms. The van der Waals surface area contributed by atoms with Crippen molar-refractivity contribution in [1.29, 1.82) is 0 Å². The fourth-order valence-corrected chi connectivity index (χ4v) is 3.69. The standard InChI is InChI=1S/C24H22N4O/c1-2-15-29-19-9-7-17(8-10-19)18-12-14-28-23(16-18)26-27-24(28)21-11-13-25-22-6-4-3-5-20(21)22/h3-14,16,23,26H,2,15H2,1H3. The Morgan fingerprint density at radius 3 is 2.79 bits per heavy atom. The summed E-state index contributed by atoms with van der Waals surface area (Å²) in [5.41, 5.74) is 7.62. The lowest BCUT2D eigenvalue weighted by atomic mass is 10.0. The van der Waals surface area contributed by atoms with Gasteiger partial charge in [0, 0.05) is 23.3 Å². The van der Waals surface area contributed by atoms with E-state index in [0.29, 0.717) is 0 Å². The second-order valence-electron chi connectivity index (χ2n) is 7.10. The first-order valence-electron chi connectivity index (χ1n) is 9.92. The SMILES string of the molecule is CCCOc1ccc(C2=CC3NN=C(c4ccnc5ccccc45)N3C=C2)cc1. The van der Waals surface area contributed by atoms with E-state index >= 15 is 0 Å². The number of benzene rings is 2. The van der Waals surface area contributed by atoms with Crippen molar-refractivity contribution >= 4 is 22.3 Å². The number of fused-ring (bicyclic) bond motifs is 2. The summed E-state index contributed by atoms with van der Waals surface area (Å²) in [6, 6.07) is 18.4. The molecule has 144 valence electrons. The molecule has 0 saturated heterocycles. The maximum atomic E-state index is 5.68. The summed E-state index contributed by atoms with van der Waals surface area (Å²) in [7, 11) is 0. The quantitative estimate of drug-likeness (QED) is 0.704. The van der Waals surface area contributed by atoms with Crippen LogP contribution in [0.2, 0.25) is 0 Å². The number of rotatable bonds is 5. The van der Waals surface area contributed by atoms with Crippen molar-refractivity contribution in [2.75, 3.05) is 6.61 Å². The van der Waals surface area contributed by atoms with Crippen molar-refractivity contribution in [1.82, 2.24) is 15.3 Å². The fourth-order valence-electron chi connectivity index (χ4n) is 3.69. The highest BCUT2D eigenvalue weighted by Crippen LogP contribution is 2.28. The van der Waals surface area contributed by atoms with Gasteiger partial charge < -0.3 is 9.64 Å². The lowest BCUT2D eigenvalue weighted by molar-refractivity contribution is 0.317. The average Bonchev–Trinajstić information content (AvgIpc) is 3.21. The molecule has 0 saturated carbocycles. The van der Waals surface area contributed by atoms with Gasteiger partial charge in [-0.2, -0.15) is 5.10 Å². The van der Waals surface area contributed by atoms with Gasteiger partial charge in [0.1, 0.15) is 11.9 Å². The number of pyridine rings is 1. The second-order valence-corrected chi connectivity index (χ2v) is 7.10. The van der Waals surface area contributed by atoms with E-state index < -0.39 is 0 Å². The highest BCUT2D eigenvalue weighted by atomic mass is 16.5. The molecule has 3 aromatic rings. The smallest absolute Gasteiger partial charge is 0.162 e. The van der Waals surface area contributed by atoms with Gasteiger partial charge >= 0.3 is 0 Å². The first-order valence-corrected chi connectivity index (χ1v) is 9.92. The number of nitrogens with zero attached hydrogens (tertiary/aromatic N) is 3. The molecule has 3 heterocycles. The monoisotopic (exact) mass is 382 g/mol. The van der Waals surface area contributed by atoms with Gasteiger partial charge in [0.05, 0.1) is 12.1 Å². The zero-order chi connectivity index (χ0) is 19.6. The summed E-state index contributed by atoms with van der Waals surface area (Å²) in [6.45, 7) is 2.85. The molecule has 29 heavy (non-hydrogen) atoms. The molecule has 0 fully saturated rings. The van der Waals surface area contributed by atoms with E-state index in [4.69, 9.17) is 4.74 Å². The first-order chi connectivity index (χ1) is 14.3. The third-order valence-electron chi connectivity index (χ3n) is 5.15. The van der Waals surface area contributed by atoms with Crippen LogP contribution in [0.3, 0.4) is 0 Å². The number of hydrogen-bond acceptors (Lipinski definition) is 5. The zero-order valence-electron chi connectivity index (χ0n) is 16.2. The second kappa shape index (κ2) is 7.43. The highest BCUT2D eigenvalue weighted by molar-refractivity contribution is 6.10. The molecule has 0 amide bonds. The summed E-state index contributed by atoms with van der Waals surface area (Å²) in [5, 5.41) is 5.72. The van der Waals surface area contributed by atoms with E-state index in [-0.39, 0.29) is 6.17 Å². The van der Waals surface area contributed by atoms with Gasteiger partial charge in [-0.3, -0.25) is 10.4 Å².